The average molecular weight is 296 g/mol. The number of benzene rings is 1. The largest absolute Gasteiger partial charge is 0.485 e. The molecule has 0 fully saturated rings. The third kappa shape index (κ3) is 6.17. The molecule has 0 saturated heterocycles. The Hall–Kier alpha value is -1.55. The molecule has 0 spiro atoms. The number of ketones is 1. The molecule has 0 amide bonds. The Morgan fingerprint density at radius 1 is 1.29 bits per heavy atom. The second-order valence-electron chi connectivity index (χ2n) is 4.48. The number of Topliss-reactive ketones (excluding diaryl/α,β-unsaturated/α-hetero) is 1. The van der Waals surface area contributed by atoms with Crippen LogP contribution >= 0.6 is 0 Å². The van der Waals surface area contributed by atoms with Crippen molar-refractivity contribution < 1.29 is 19.0 Å². The van der Waals surface area contributed by atoms with E-state index in [2.05, 4.69) is 4.74 Å². The zero-order chi connectivity index (χ0) is 16.3. The first-order valence-electron chi connectivity index (χ1n) is 7.46. The Kier molecular flexibility index (Phi) is 10.3. The van der Waals surface area contributed by atoms with Crippen LogP contribution in [0.3, 0.4) is 0 Å². The summed E-state index contributed by atoms with van der Waals surface area (Å²) < 4.78 is 15.4. The van der Waals surface area contributed by atoms with Gasteiger partial charge in [-0.3, -0.25) is 4.79 Å². The molecule has 1 heterocycles. The van der Waals surface area contributed by atoms with Gasteiger partial charge in [0.15, 0.2) is 23.4 Å². The highest BCUT2D eigenvalue weighted by atomic mass is 16.6. The van der Waals surface area contributed by atoms with E-state index in [0.717, 1.165) is 12.2 Å². The van der Waals surface area contributed by atoms with E-state index in [-0.39, 0.29) is 11.7 Å². The van der Waals surface area contributed by atoms with E-state index < -0.39 is 6.10 Å². The van der Waals surface area contributed by atoms with Crippen LogP contribution in [0.5, 0.6) is 11.5 Å². The van der Waals surface area contributed by atoms with Crippen molar-refractivity contribution in [3.05, 3.63) is 24.3 Å². The van der Waals surface area contributed by atoms with Crippen LogP contribution in [0, 0.1) is 5.92 Å². The standard InChI is InChI=1S/C13H16O3.C2H6O.C2H6/c1-3-9(2)13(14)12-8-15-10-6-4-5-7-11(10)16-12;1-3-2;1-2/h4-7,9,12H,3,8H2,1-2H3;1-2H3;1-2H3. The molecule has 21 heavy (non-hydrogen) atoms. The van der Waals surface area contributed by atoms with Crippen molar-refractivity contribution in [3.63, 3.8) is 0 Å². The molecular weight excluding hydrogens is 268 g/mol. The molecule has 2 atom stereocenters. The zero-order valence-electron chi connectivity index (χ0n) is 14.0. The fourth-order valence-electron chi connectivity index (χ4n) is 1.68. The van der Waals surface area contributed by atoms with E-state index >= 15 is 0 Å². The number of carbonyl (C=O) groups excluding carboxylic acids is 1. The predicted molar refractivity (Wildman–Crippen MR) is 85.1 cm³/mol. The lowest BCUT2D eigenvalue weighted by atomic mass is 9.99. The highest BCUT2D eigenvalue weighted by Gasteiger charge is 2.29. The summed E-state index contributed by atoms with van der Waals surface area (Å²) in [6, 6.07) is 7.43. The van der Waals surface area contributed by atoms with E-state index in [1.165, 1.54) is 0 Å². The van der Waals surface area contributed by atoms with E-state index in [0.29, 0.717) is 12.4 Å². The Balaban J connectivity index is 0.000000713. The monoisotopic (exact) mass is 296 g/mol. The molecule has 120 valence electrons. The van der Waals surface area contributed by atoms with Gasteiger partial charge in [0.25, 0.3) is 0 Å². The topological polar surface area (TPSA) is 44.8 Å². The van der Waals surface area contributed by atoms with Crippen molar-refractivity contribution >= 4 is 5.78 Å². The fraction of sp³-hybridized carbons (Fsp3) is 0.588. The van der Waals surface area contributed by atoms with Crippen LogP contribution < -0.4 is 9.47 Å². The van der Waals surface area contributed by atoms with Gasteiger partial charge in [-0.2, -0.15) is 0 Å². The van der Waals surface area contributed by atoms with E-state index in [4.69, 9.17) is 9.47 Å². The van der Waals surface area contributed by atoms with Crippen LogP contribution in [-0.2, 0) is 9.53 Å². The normalized spacial score (nSPS) is 16.6. The second kappa shape index (κ2) is 11.1. The summed E-state index contributed by atoms with van der Waals surface area (Å²) in [5.41, 5.74) is 0. The van der Waals surface area contributed by atoms with Crippen LogP contribution in [0.2, 0.25) is 0 Å². The molecular formula is C17H28O4. The first-order valence-corrected chi connectivity index (χ1v) is 7.46. The van der Waals surface area contributed by atoms with E-state index in [1.54, 1.807) is 14.2 Å². The summed E-state index contributed by atoms with van der Waals surface area (Å²) in [6.07, 6.45) is 0.380. The molecule has 4 nitrogen and oxygen atoms in total. The van der Waals surface area contributed by atoms with Gasteiger partial charge in [-0.05, 0) is 18.6 Å². The summed E-state index contributed by atoms with van der Waals surface area (Å²) in [5, 5.41) is 0. The number of ether oxygens (including phenoxy) is 3. The minimum Gasteiger partial charge on any atom is -0.485 e. The van der Waals surface area contributed by atoms with Crippen molar-refractivity contribution in [2.45, 2.75) is 40.2 Å². The quantitative estimate of drug-likeness (QED) is 0.852. The highest BCUT2D eigenvalue weighted by Crippen LogP contribution is 2.31. The fourth-order valence-corrected chi connectivity index (χ4v) is 1.68. The van der Waals surface area contributed by atoms with Crippen molar-refractivity contribution in [3.8, 4) is 11.5 Å². The number of hydrogen-bond acceptors (Lipinski definition) is 4. The predicted octanol–water partition coefficient (Wildman–Crippen LogP) is 3.73. The number of carbonyl (C=O) groups is 1. The van der Waals surface area contributed by atoms with E-state index in [1.807, 2.05) is 52.0 Å². The Morgan fingerprint density at radius 2 is 1.81 bits per heavy atom. The molecule has 2 rings (SSSR count). The second-order valence-corrected chi connectivity index (χ2v) is 4.48. The average Bonchev–Trinajstić information content (AvgIpc) is 2.55. The maximum Gasteiger partial charge on any atom is 0.191 e. The molecule has 1 aliphatic rings. The molecule has 1 aromatic rings. The Labute approximate surface area is 128 Å². The lowest BCUT2D eigenvalue weighted by Gasteiger charge is -2.26. The van der Waals surface area contributed by atoms with Gasteiger partial charge in [0, 0.05) is 20.1 Å². The minimum atomic E-state index is -0.454. The lowest BCUT2D eigenvalue weighted by molar-refractivity contribution is -0.131. The zero-order valence-corrected chi connectivity index (χ0v) is 14.0. The number of methoxy groups -OCH3 is 1. The number of rotatable bonds is 3. The molecule has 1 aliphatic heterocycles. The summed E-state index contributed by atoms with van der Waals surface area (Å²) in [4.78, 5) is 11.9. The molecule has 1 aromatic carbocycles. The SMILES string of the molecule is CC.CCC(C)C(=O)C1COc2ccccc2O1.COC. The summed E-state index contributed by atoms with van der Waals surface area (Å²) >= 11 is 0. The van der Waals surface area contributed by atoms with Gasteiger partial charge < -0.3 is 14.2 Å². The summed E-state index contributed by atoms with van der Waals surface area (Å²) in [6.45, 7) is 8.24. The third-order valence-electron chi connectivity index (χ3n) is 2.92. The summed E-state index contributed by atoms with van der Waals surface area (Å²) in [5.74, 6) is 1.53. The lowest BCUT2D eigenvalue weighted by Crippen LogP contribution is -2.39. The maximum atomic E-state index is 11.9. The van der Waals surface area contributed by atoms with Crippen molar-refractivity contribution in [1.29, 1.82) is 0 Å². The number of para-hydroxylation sites is 2. The number of fused-ring (bicyclic) bond motifs is 1. The van der Waals surface area contributed by atoms with Crippen molar-refractivity contribution in [2.24, 2.45) is 5.92 Å². The van der Waals surface area contributed by atoms with Gasteiger partial charge in [0.2, 0.25) is 0 Å². The third-order valence-corrected chi connectivity index (χ3v) is 2.92. The van der Waals surface area contributed by atoms with Crippen molar-refractivity contribution in [1.82, 2.24) is 0 Å². The Morgan fingerprint density at radius 3 is 2.33 bits per heavy atom. The smallest absolute Gasteiger partial charge is 0.191 e. The molecule has 0 N–H and O–H groups in total. The van der Waals surface area contributed by atoms with Crippen LogP contribution in [0.25, 0.3) is 0 Å². The molecule has 4 heteroatoms. The van der Waals surface area contributed by atoms with Gasteiger partial charge in [-0.15, -0.1) is 0 Å². The van der Waals surface area contributed by atoms with Gasteiger partial charge in [0.1, 0.15) is 6.61 Å². The van der Waals surface area contributed by atoms with Crippen LogP contribution in [0.4, 0.5) is 0 Å². The van der Waals surface area contributed by atoms with Gasteiger partial charge in [0.05, 0.1) is 0 Å². The molecule has 0 bridgehead atoms. The molecule has 0 saturated carbocycles. The Bertz CT molecular complexity index is 404. The molecule has 2 unspecified atom stereocenters. The maximum absolute atomic E-state index is 11.9. The van der Waals surface area contributed by atoms with Crippen molar-refractivity contribution in [2.75, 3.05) is 20.8 Å². The van der Waals surface area contributed by atoms with Crippen LogP contribution in [-0.4, -0.2) is 32.7 Å². The first kappa shape index (κ1) is 19.4. The van der Waals surface area contributed by atoms with Crippen LogP contribution in [0.1, 0.15) is 34.1 Å². The minimum absolute atomic E-state index is 0.0267. The van der Waals surface area contributed by atoms with E-state index in [9.17, 15) is 4.79 Å². The van der Waals surface area contributed by atoms with Gasteiger partial charge in [-0.25, -0.2) is 0 Å². The molecule has 0 radical (unpaired) electrons. The molecule has 0 aromatic heterocycles. The van der Waals surface area contributed by atoms with Crippen LogP contribution in [0.15, 0.2) is 24.3 Å². The highest BCUT2D eigenvalue weighted by molar-refractivity contribution is 5.85. The first-order chi connectivity index (χ1) is 10.1. The van der Waals surface area contributed by atoms with Gasteiger partial charge in [-0.1, -0.05) is 39.8 Å². The number of hydrogen-bond donors (Lipinski definition) is 0. The summed E-state index contributed by atoms with van der Waals surface area (Å²) in [7, 11) is 3.25. The molecule has 0 aliphatic carbocycles. The van der Waals surface area contributed by atoms with Gasteiger partial charge >= 0.3 is 0 Å².